The number of hydrogen-bond donors (Lipinski definition) is 1. The molecule has 0 aliphatic rings. The summed E-state index contributed by atoms with van der Waals surface area (Å²) in [6, 6.07) is 7.91. The Labute approximate surface area is 107 Å². The van der Waals surface area contributed by atoms with Gasteiger partial charge >= 0.3 is 0 Å². The Morgan fingerprint density at radius 2 is 2.22 bits per heavy atom. The lowest BCUT2D eigenvalue weighted by molar-refractivity contribution is 0.340. The Morgan fingerprint density at radius 3 is 3.00 bits per heavy atom. The van der Waals surface area contributed by atoms with Gasteiger partial charge in [-0.05, 0) is 26.0 Å². The van der Waals surface area contributed by atoms with Crippen LogP contribution in [0.5, 0.6) is 5.75 Å². The highest BCUT2D eigenvalue weighted by Crippen LogP contribution is 2.17. The van der Waals surface area contributed by atoms with Crippen molar-refractivity contribution >= 4 is 5.69 Å². The number of nitrogens with one attached hydrogen (secondary N) is 1. The Bertz CT molecular complexity index is 495. The van der Waals surface area contributed by atoms with Crippen LogP contribution in [0.15, 0.2) is 30.6 Å². The summed E-state index contributed by atoms with van der Waals surface area (Å²) in [6.07, 6.45) is 1.58. The van der Waals surface area contributed by atoms with Gasteiger partial charge in [-0.25, -0.2) is 9.67 Å². The van der Waals surface area contributed by atoms with Gasteiger partial charge < -0.3 is 10.1 Å². The lowest BCUT2D eigenvalue weighted by Crippen LogP contribution is -2.09. The van der Waals surface area contributed by atoms with Crippen molar-refractivity contribution in [2.45, 2.75) is 26.9 Å². The maximum absolute atomic E-state index is 5.46. The Morgan fingerprint density at radius 1 is 1.33 bits per heavy atom. The number of aromatic nitrogens is 3. The molecule has 0 aliphatic carbocycles. The fourth-order valence-electron chi connectivity index (χ4n) is 1.73. The number of aryl methyl sites for hydroxylation is 1. The zero-order chi connectivity index (χ0) is 12.8. The van der Waals surface area contributed by atoms with Gasteiger partial charge in [0.25, 0.3) is 0 Å². The third-order valence-electron chi connectivity index (χ3n) is 2.59. The molecule has 0 radical (unpaired) electrons. The van der Waals surface area contributed by atoms with Gasteiger partial charge in [0.1, 0.15) is 17.9 Å². The van der Waals surface area contributed by atoms with Crippen LogP contribution in [0.3, 0.4) is 0 Å². The molecule has 5 heteroatoms. The first kappa shape index (κ1) is 12.4. The molecule has 0 aliphatic heterocycles. The van der Waals surface area contributed by atoms with Crippen LogP contribution in [-0.2, 0) is 13.1 Å². The van der Waals surface area contributed by atoms with E-state index in [2.05, 4.69) is 15.4 Å². The largest absolute Gasteiger partial charge is 0.494 e. The average molecular weight is 246 g/mol. The molecule has 2 aromatic rings. The summed E-state index contributed by atoms with van der Waals surface area (Å²) in [6.45, 7) is 6.19. The van der Waals surface area contributed by atoms with E-state index in [4.69, 9.17) is 4.74 Å². The van der Waals surface area contributed by atoms with E-state index in [0.29, 0.717) is 13.2 Å². The van der Waals surface area contributed by atoms with Crippen molar-refractivity contribution in [2.75, 3.05) is 11.9 Å². The van der Waals surface area contributed by atoms with Crippen molar-refractivity contribution in [3.8, 4) is 5.75 Å². The quantitative estimate of drug-likeness (QED) is 0.849. The van der Waals surface area contributed by atoms with Crippen molar-refractivity contribution in [2.24, 2.45) is 0 Å². The molecule has 1 aromatic carbocycles. The van der Waals surface area contributed by atoms with Gasteiger partial charge in [-0.1, -0.05) is 6.07 Å². The third kappa shape index (κ3) is 3.00. The predicted octanol–water partition coefficient (Wildman–Crippen LogP) is 2.31. The Hall–Kier alpha value is -2.04. The van der Waals surface area contributed by atoms with E-state index in [9.17, 15) is 0 Å². The summed E-state index contributed by atoms with van der Waals surface area (Å²) in [5, 5.41) is 7.45. The topological polar surface area (TPSA) is 52.0 Å². The molecule has 1 N–H and O–H groups in total. The number of ether oxygens (including phenoxy) is 1. The summed E-state index contributed by atoms with van der Waals surface area (Å²) >= 11 is 0. The van der Waals surface area contributed by atoms with Crippen LogP contribution in [0.4, 0.5) is 5.69 Å². The number of benzene rings is 1. The van der Waals surface area contributed by atoms with Gasteiger partial charge in [-0.2, -0.15) is 5.10 Å². The molecular weight excluding hydrogens is 228 g/mol. The molecule has 0 spiro atoms. The summed E-state index contributed by atoms with van der Waals surface area (Å²) in [5.74, 6) is 1.80. The van der Waals surface area contributed by atoms with Gasteiger partial charge in [0.15, 0.2) is 0 Å². The SMILES string of the molecule is CCOc1cccc(NCc2ncnn2CC)c1. The molecule has 18 heavy (non-hydrogen) atoms. The lowest BCUT2D eigenvalue weighted by atomic mass is 10.3. The van der Waals surface area contributed by atoms with Crippen LogP contribution in [0, 0.1) is 0 Å². The molecule has 0 amide bonds. The second kappa shape index (κ2) is 6.05. The van der Waals surface area contributed by atoms with Gasteiger partial charge in [0.2, 0.25) is 0 Å². The van der Waals surface area contributed by atoms with Crippen LogP contribution in [0.2, 0.25) is 0 Å². The second-order valence-corrected chi connectivity index (χ2v) is 3.81. The monoisotopic (exact) mass is 246 g/mol. The number of rotatable bonds is 6. The number of hydrogen-bond acceptors (Lipinski definition) is 4. The third-order valence-corrected chi connectivity index (χ3v) is 2.59. The first-order chi connectivity index (χ1) is 8.83. The van der Waals surface area contributed by atoms with Crippen LogP contribution < -0.4 is 10.1 Å². The van der Waals surface area contributed by atoms with Crippen LogP contribution in [0.25, 0.3) is 0 Å². The maximum atomic E-state index is 5.46. The second-order valence-electron chi connectivity index (χ2n) is 3.81. The maximum Gasteiger partial charge on any atom is 0.146 e. The van der Waals surface area contributed by atoms with Gasteiger partial charge in [0.05, 0.1) is 13.2 Å². The first-order valence-electron chi connectivity index (χ1n) is 6.17. The molecule has 1 aromatic heterocycles. The highest BCUT2D eigenvalue weighted by Gasteiger charge is 2.02. The van der Waals surface area contributed by atoms with E-state index >= 15 is 0 Å². The van der Waals surface area contributed by atoms with E-state index < -0.39 is 0 Å². The molecule has 0 atom stereocenters. The van der Waals surface area contributed by atoms with E-state index in [0.717, 1.165) is 23.8 Å². The van der Waals surface area contributed by atoms with E-state index in [1.807, 2.05) is 42.8 Å². The molecule has 0 bridgehead atoms. The van der Waals surface area contributed by atoms with Crippen molar-refractivity contribution in [1.82, 2.24) is 14.8 Å². The van der Waals surface area contributed by atoms with Crippen molar-refractivity contribution < 1.29 is 4.74 Å². The van der Waals surface area contributed by atoms with Crippen molar-refractivity contribution in [1.29, 1.82) is 0 Å². The normalized spacial score (nSPS) is 10.3. The van der Waals surface area contributed by atoms with E-state index in [1.54, 1.807) is 6.33 Å². The lowest BCUT2D eigenvalue weighted by Gasteiger charge is -2.09. The molecule has 5 nitrogen and oxygen atoms in total. The highest BCUT2D eigenvalue weighted by atomic mass is 16.5. The summed E-state index contributed by atoms with van der Waals surface area (Å²) in [7, 11) is 0. The zero-order valence-electron chi connectivity index (χ0n) is 10.8. The minimum Gasteiger partial charge on any atom is -0.494 e. The molecule has 1 heterocycles. The van der Waals surface area contributed by atoms with Crippen molar-refractivity contribution in [3.05, 3.63) is 36.4 Å². The molecule has 0 unspecified atom stereocenters. The summed E-state index contributed by atoms with van der Waals surface area (Å²) < 4.78 is 7.33. The smallest absolute Gasteiger partial charge is 0.146 e. The standard InChI is InChI=1S/C13H18N4O/c1-3-17-13(15-10-16-17)9-14-11-6-5-7-12(8-11)18-4-2/h5-8,10,14H,3-4,9H2,1-2H3. The van der Waals surface area contributed by atoms with Crippen LogP contribution in [-0.4, -0.2) is 21.4 Å². The molecule has 0 fully saturated rings. The van der Waals surface area contributed by atoms with E-state index in [1.165, 1.54) is 0 Å². The Balaban J connectivity index is 1.99. The van der Waals surface area contributed by atoms with Crippen LogP contribution >= 0.6 is 0 Å². The minimum absolute atomic E-state index is 0.656. The van der Waals surface area contributed by atoms with Gasteiger partial charge in [0, 0.05) is 18.3 Å². The van der Waals surface area contributed by atoms with Gasteiger partial charge in [-0.15, -0.1) is 0 Å². The molecule has 96 valence electrons. The number of nitrogens with zero attached hydrogens (tertiary/aromatic N) is 3. The molecule has 0 saturated carbocycles. The summed E-state index contributed by atoms with van der Waals surface area (Å²) in [4.78, 5) is 4.22. The fourth-order valence-corrected chi connectivity index (χ4v) is 1.73. The first-order valence-corrected chi connectivity index (χ1v) is 6.17. The zero-order valence-corrected chi connectivity index (χ0v) is 10.8. The minimum atomic E-state index is 0.656. The molecular formula is C13H18N4O. The average Bonchev–Trinajstić information content (AvgIpc) is 2.84. The molecule has 2 rings (SSSR count). The Kier molecular flexibility index (Phi) is 4.17. The predicted molar refractivity (Wildman–Crippen MR) is 70.6 cm³/mol. The summed E-state index contributed by atoms with van der Waals surface area (Å²) in [5.41, 5.74) is 1.02. The van der Waals surface area contributed by atoms with Crippen LogP contribution in [0.1, 0.15) is 19.7 Å². The fraction of sp³-hybridized carbons (Fsp3) is 0.385. The highest BCUT2D eigenvalue weighted by molar-refractivity contribution is 5.48. The van der Waals surface area contributed by atoms with Gasteiger partial charge in [-0.3, -0.25) is 0 Å². The number of anilines is 1. The van der Waals surface area contributed by atoms with E-state index in [-0.39, 0.29) is 0 Å². The molecule has 0 saturated heterocycles. The van der Waals surface area contributed by atoms with Crippen molar-refractivity contribution in [3.63, 3.8) is 0 Å².